The van der Waals surface area contributed by atoms with E-state index >= 15 is 0 Å². The lowest BCUT2D eigenvalue weighted by Crippen LogP contribution is -2.25. The molecule has 0 aliphatic rings. The zero-order chi connectivity index (χ0) is 16.8. The Morgan fingerprint density at radius 3 is 2.61 bits per heavy atom. The Balaban J connectivity index is 1.78. The van der Waals surface area contributed by atoms with Crippen LogP contribution in [0.25, 0.3) is 0 Å². The van der Waals surface area contributed by atoms with Crippen molar-refractivity contribution in [2.75, 3.05) is 11.9 Å². The van der Waals surface area contributed by atoms with E-state index in [-0.39, 0.29) is 24.6 Å². The van der Waals surface area contributed by atoms with Gasteiger partial charge < -0.3 is 10.6 Å². The Hall–Kier alpha value is -2.50. The smallest absolute Gasteiger partial charge is 0.222 e. The first-order chi connectivity index (χ1) is 11.0. The third-order valence-electron chi connectivity index (χ3n) is 3.27. The molecule has 0 aliphatic heterocycles. The van der Waals surface area contributed by atoms with E-state index in [1.54, 1.807) is 0 Å². The van der Waals surface area contributed by atoms with E-state index in [1.165, 1.54) is 0 Å². The molecule has 3 nitrogen and oxygen atoms in total. The van der Waals surface area contributed by atoms with E-state index in [4.69, 9.17) is 0 Å². The molecule has 122 valence electrons. The summed E-state index contributed by atoms with van der Waals surface area (Å²) in [5, 5.41) is 5.32. The molecule has 0 spiro atoms. The number of benzene rings is 2. The number of amides is 1. The summed E-state index contributed by atoms with van der Waals surface area (Å²) in [6, 6.07) is 9.67. The van der Waals surface area contributed by atoms with Gasteiger partial charge in [-0.15, -0.1) is 0 Å². The highest BCUT2D eigenvalue weighted by Gasteiger charge is 2.13. The minimum atomic E-state index is -1.53. The molecule has 2 N–H and O–H groups in total. The Kier molecular flexibility index (Phi) is 5.62. The lowest BCUT2D eigenvalue weighted by atomic mass is 10.1. The molecular weight excluding hydrogens is 305 g/mol. The summed E-state index contributed by atoms with van der Waals surface area (Å²) in [4.78, 5) is 11.7. The van der Waals surface area contributed by atoms with Crippen LogP contribution in [0.5, 0.6) is 0 Å². The zero-order valence-corrected chi connectivity index (χ0v) is 12.6. The van der Waals surface area contributed by atoms with Crippen LogP contribution >= 0.6 is 0 Å². The molecule has 0 bridgehead atoms. The summed E-state index contributed by atoms with van der Waals surface area (Å²) in [5.41, 5.74) is 1.92. The average Bonchev–Trinajstić information content (AvgIpc) is 2.53. The minimum Gasteiger partial charge on any atom is -0.382 e. The molecule has 2 aromatic rings. The van der Waals surface area contributed by atoms with E-state index in [2.05, 4.69) is 10.6 Å². The highest BCUT2D eigenvalue weighted by Crippen LogP contribution is 2.19. The van der Waals surface area contributed by atoms with Crippen LogP contribution in [-0.2, 0) is 11.3 Å². The summed E-state index contributed by atoms with van der Waals surface area (Å²) in [7, 11) is 0. The van der Waals surface area contributed by atoms with Crippen molar-refractivity contribution in [2.45, 2.75) is 19.9 Å². The second kappa shape index (κ2) is 7.67. The van der Waals surface area contributed by atoms with Gasteiger partial charge in [-0.2, -0.15) is 0 Å². The van der Waals surface area contributed by atoms with Gasteiger partial charge in [-0.3, -0.25) is 4.79 Å². The third kappa shape index (κ3) is 4.74. The van der Waals surface area contributed by atoms with Gasteiger partial charge in [0.2, 0.25) is 5.91 Å². The van der Waals surface area contributed by atoms with Crippen LogP contribution in [0.1, 0.15) is 17.5 Å². The first-order valence-electron chi connectivity index (χ1n) is 7.17. The van der Waals surface area contributed by atoms with Gasteiger partial charge in [0, 0.05) is 19.5 Å². The van der Waals surface area contributed by atoms with Crippen LogP contribution in [0.3, 0.4) is 0 Å². The van der Waals surface area contributed by atoms with Crippen molar-refractivity contribution in [3.05, 3.63) is 65.0 Å². The van der Waals surface area contributed by atoms with E-state index < -0.39 is 17.5 Å². The summed E-state index contributed by atoms with van der Waals surface area (Å²) in [5.74, 6) is -4.28. The fraction of sp³-hybridized carbons (Fsp3) is 0.235. The van der Waals surface area contributed by atoms with Crippen molar-refractivity contribution in [1.29, 1.82) is 0 Å². The molecule has 0 saturated heterocycles. The fourth-order valence-electron chi connectivity index (χ4n) is 2.08. The predicted octanol–water partition coefficient (Wildman–Crippen LogP) is 3.53. The first kappa shape index (κ1) is 16.9. The van der Waals surface area contributed by atoms with Crippen LogP contribution in [0.2, 0.25) is 0 Å². The molecular formula is C17H17F3N2O. The van der Waals surface area contributed by atoms with Gasteiger partial charge in [0.05, 0.1) is 5.69 Å². The lowest BCUT2D eigenvalue weighted by Gasteiger charge is -2.09. The van der Waals surface area contributed by atoms with Crippen LogP contribution in [-0.4, -0.2) is 12.5 Å². The highest BCUT2D eigenvalue weighted by molar-refractivity contribution is 5.76. The van der Waals surface area contributed by atoms with Crippen LogP contribution in [0.15, 0.2) is 36.4 Å². The molecule has 0 saturated carbocycles. The monoisotopic (exact) mass is 322 g/mol. The molecule has 1 amide bonds. The highest BCUT2D eigenvalue weighted by atomic mass is 19.2. The number of halogens is 3. The van der Waals surface area contributed by atoms with E-state index in [0.717, 1.165) is 23.3 Å². The van der Waals surface area contributed by atoms with Crippen molar-refractivity contribution in [1.82, 2.24) is 5.32 Å². The molecule has 6 heteroatoms. The molecule has 0 aromatic heterocycles. The van der Waals surface area contributed by atoms with Gasteiger partial charge >= 0.3 is 0 Å². The van der Waals surface area contributed by atoms with Gasteiger partial charge in [-0.1, -0.05) is 29.8 Å². The number of carbonyl (C=O) groups excluding carboxylic acids is 1. The Bertz CT molecular complexity index is 704. The molecule has 0 fully saturated rings. The van der Waals surface area contributed by atoms with Crippen molar-refractivity contribution >= 4 is 11.6 Å². The normalized spacial score (nSPS) is 10.4. The molecule has 0 aliphatic carbocycles. The number of nitrogens with one attached hydrogen (secondary N) is 2. The van der Waals surface area contributed by atoms with Crippen molar-refractivity contribution in [3.63, 3.8) is 0 Å². The fourth-order valence-corrected chi connectivity index (χ4v) is 2.08. The maximum Gasteiger partial charge on any atom is 0.222 e. The van der Waals surface area contributed by atoms with E-state index in [9.17, 15) is 18.0 Å². The SMILES string of the molecule is Cc1cccc(CNC(=O)CCNc2ccc(F)c(F)c2F)c1. The largest absolute Gasteiger partial charge is 0.382 e. The zero-order valence-electron chi connectivity index (χ0n) is 12.6. The maximum absolute atomic E-state index is 13.4. The second-order valence-corrected chi connectivity index (χ2v) is 5.17. The summed E-state index contributed by atoms with van der Waals surface area (Å²) >= 11 is 0. The van der Waals surface area contributed by atoms with Crippen molar-refractivity contribution in [3.8, 4) is 0 Å². The van der Waals surface area contributed by atoms with Gasteiger partial charge in [-0.05, 0) is 24.6 Å². The van der Waals surface area contributed by atoms with Gasteiger partial charge in [0.25, 0.3) is 0 Å². The molecule has 0 atom stereocenters. The molecule has 2 rings (SSSR count). The molecule has 0 heterocycles. The van der Waals surface area contributed by atoms with Crippen LogP contribution in [0.4, 0.5) is 18.9 Å². The number of hydrogen-bond donors (Lipinski definition) is 2. The Morgan fingerprint density at radius 2 is 1.87 bits per heavy atom. The van der Waals surface area contributed by atoms with Crippen molar-refractivity contribution in [2.24, 2.45) is 0 Å². The second-order valence-electron chi connectivity index (χ2n) is 5.17. The third-order valence-corrected chi connectivity index (χ3v) is 3.27. The number of rotatable bonds is 6. The van der Waals surface area contributed by atoms with Gasteiger partial charge in [0.1, 0.15) is 0 Å². The maximum atomic E-state index is 13.4. The minimum absolute atomic E-state index is 0.0876. The summed E-state index contributed by atoms with van der Waals surface area (Å²) in [6.45, 7) is 2.48. The van der Waals surface area contributed by atoms with E-state index in [0.29, 0.717) is 6.54 Å². The number of aryl methyl sites for hydroxylation is 1. The van der Waals surface area contributed by atoms with Crippen molar-refractivity contribution < 1.29 is 18.0 Å². The van der Waals surface area contributed by atoms with Crippen LogP contribution in [0, 0.1) is 24.4 Å². The number of hydrogen-bond acceptors (Lipinski definition) is 2. The molecule has 0 unspecified atom stereocenters. The predicted molar refractivity (Wildman–Crippen MR) is 82.4 cm³/mol. The van der Waals surface area contributed by atoms with Crippen LogP contribution < -0.4 is 10.6 Å². The quantitative estimate of drug-likeness (QED) is 0.799. The Morgan fingerprint density at radius 1 is 1.09 bits per heavy atom. The van der Waals surface area contributed by atoms with Gasteiger partial charge in [-0.25, -0.2) is 13.2 Å². The summed E-state index contributed by atoms with van der Waals surface area (Å²) < 4.78 is 39.3. The topological polar surface area (TPSA) is 41.1 Å². The number of anilines is 1. The molecule has 0 radical (unpaired) electrons. The average molecular weight is 322 g/mol. The molecule has 2 aromatic carbocycles. The first-order valence-corrected chi connectivity index (χ1v) is 7.17. The van der Waals surface area contributed by atoms with Gasteiger partial charge in [0.15, 0.2) is 17.5 Å². The number of carbonyl (C=O) groups is 1. The lowest BCUT2D eigenvalue weighted by molar-refractivity contribution is -0.121. The van der Waals surface area contributed by atoms with E-state index in [1.807, 2.05) is 31.2 Å². The Labute approximate surface area is 132 Å². The molecule has 23 heavy (non-hydrogen) atoms. The standard InChI is InChI=1S/C17H17F3N2O/c1-11-3-2-4-12(9-11)10-22-15(23)7-8-21-14-6-5-13(18)16(19)17(14)20/h2-6,9,21H,7-8,10H2,1H3,(H,22,23). The summed E-state index contributed by atoms with van der Waals surface area (Å²) in [6.07, 6.45) is 0.0876.